The van der Waals surface area contributed by atoms with Crippen molar-refractivity contribution in [3.63, 3.8) is 0 Å². The molecule has 1 atom stereocenters. The standard InChI is InChI=1S/C12H20N2O/c1-4-6-12(3,15)9-14-11-5-7-13-10(2)8-11/h5,7-8,15H,4,6,9H2,1-3H3,(H,13,14). The molecule has 0 bridgehead atoms. The van der Waals surface area contributed by atoms with E-state index in [2.05, 4.69) is 17.2 Å². The van der Waals surface area contributed by atoms with Crippen molar-refractivity contribution < 1.29 is 5.11 Å². The number of hydrogen-bond acceptors (Lipinski definition) is 3. The number of anilines is 1. The van der Waals surface area contributed by atoms with Gasteiger partial charge in [-0.3, -0.25) is 4.98 Å². The topological polar surface area (TPSA) is 45.1 Å². The van der Waals surface area contributed by atoms with Crippen LogP contribution in [0.25, 0.3) is 0 Å². The van der Waals surface area contributed by atoms with Gasteiger partial charge >= 0.3 is 0 Å². The van der Waals surface area contributed by atoms with Crippen LogP contribution in [0.1, 0.15) is 32.4 Å². The summed E-state index contributed by atoms with van der Waals surface area (Å²) in [4.78, 5) is 4.12. The van der Waals surface area contributed by atoms with E-state index in [1.165, 1.54) is 0 Å². The van der Waals surface area contributed by atoms with E-state index >= 15 is 0 Å². The second-order valence-electron chi connectivity index (χ2n) is 4.29. The lowest BCUT2D eigenvalue weighted by Gasteiger charge is -2.23. The molecule has 1 aromatic rings. The number of nitrogens with one attached hydrogen (secondary N) is 1. The highest BCUT2D eigenvalue weighted by molar-refractivity contribution is 5.43. The molecule has 3 nitrogen and oxygen atoms in total. The highest BCUT2D eigenvalue weighted by atomic mass is 16.3. The van der Waals surface area contributed by atoms with Crippen LogP contribution in [0, 0.1) is 6.92 Å². The molecule has 0 saturated carbocycles. The Morgan fingerprint density at radius 3 is 2.87 bits per heavy atom. The second-order valence-corrected chi connectivity index (χ2v) is 4.29. The maximum atomic E-state index is 9.97. The molecule has 3 heteroatoms. The van der Waals surface area contributed by atoms with Crippen LogP contribution in [0.5, 0.6) is 0 Å². The minimum atomic E-state index is -0.633. The fourth-order valence-electron chi connectivity index (χ4n) is 1.57. The molecule has 1 rings (SSSR count). The molecular formula is C12H20N2O. The predicted octanol–water partition coefficient (Wildman–Crippen LogP) is 2.35. The highest BCUT2D eigenvalue weighted by Gasteiger charge is 2.18. The Morgan fingerprint density at radius 1 is 1.53 bits per heavy atom. The lowest BCUT2D eigenvalue weighted by molar-refractivity contribution is 0.0637. The van der Waals surface area contributed by atoms with Gasteiger partial charge in [-0.15, -0.1) is 0 Å². The zero-order valence-corrected chi connectivity index (χ0v) is 9.75. The van der Waals surface area contributed by atoms with Gasteiger partial charge in [0.05, 0.1) is 5.60 Å². The number of pyridine rings is 1. The zero-order valence-electron chi connectivity index (χ0n) is 9.75. The van der Waals surface area contributed by atoms with Crippen molar-refractivity contribution in [3.8, 4) is 0 Å². The van der Waals surface area contributed by atoms with Gasteiger partial charge in [0.1, 0.15) is 0 Å². The largest absolute Gasteiger partial charge is 0.388 e. The number of nitrogens with zero attached hydrogens (tertiary/aromatic N) is 1. The van der Waals surface area contributed by atoms with E-state index in [1.807, 2.05) is 26.0 Å². The van der Waals surface area contributed by atoms with Gasteiger partial charge in [-0.25, -0.2) is 0 Å². The van der Waals surface area contributed by atoms with Gasteiger partial charge in [0.25, 0.3) is 0 Å². The van der Waals surface area contributed by atoms with Crippen LogP contribution in [0.15, 0.2) is 18.3 Å². The average Bonchev–Trinajstić information content (AvgIpc) is 2.15. The molecule has 0 aliphatic carbocycles. The Balaban J connectivity index is 2.49. The third-order valence-electron chi connectivity index (χ3n) is 2.36. The molecule has 0 aromatic carbocycles. The smallest absolute Gasteiger partial charge is 0.0791 e. The summed E-state index contributed by atoms with van der Waals surface area (Å²) in [7, 11) is 0. The quantitative estimate of drug-likeness (QED) is 0.780. The maximum Gasteiger partial charge on any atom is 0.0791 e. The molecular weight excluding hydrogens is 188 g/mol. The summed E-state index contributed by atoms with van der Waals surface area (Å²) in [5, 5.41) is 13.2. The molecule has 2 N–H and O–H groups in total. The number of aromatic nitrogens is 1. The first-order valence-electron chi connectivity index (χ1n) is 5.42. The first-order valence-corrected chi connectivity index (χ1v) is 5.42. The third-order valence-corrected chi connectivity index (χ3v) is 2.36. The number of aliphatic hydroxyl groups is 1. The van der Waals surface area contributed by atoms with Gasteiger partial charge in [0.15, 0.2) is 0 Å². The van der Waals surface area contributed by atoms with Crippen molar-refractivity contribution in [2.75, 3.05) is 11.9 Å². The molecule has 0 fully saturated rings. The molecule has 0 spiro atoms. The molecule has 15 heavy (non-hydrogen) atoms. The van der Waals surface area contributed by atoms with Gasteiger partial charge in [-0.1, -0.05) is 13.3 Å². The Bertz CT molecular complexity index is 310. The molecule has 1 aromatic heterocycles. The summed E-state index contributed by atoms with van der Waals surface area (Å²) < 4.78 is 0. The number of hydrogen-bond donors (Lipinski definition) is 2. The SMILES string of the molecule is CCCC(C)(O)CNc1ccnc(C)c1. The zero-order chi connectivity index (χ0) is 11.3. The average molecular weight is 208 g/mol. The minimum absolute atomic E-state index is 0.574. The van der Waals surface area contributed by atoms with Gasteiger partial charge in [0.2, 0.25) is 0 Å². The summed E-state index contributed by atoms with van der Waals surface area (Å²) >= 11 is 0. The van der Waals surface area contributed by atoms with E-state index in [9.17, 15) is 5.11 Å². The molecule has 0 radical (unpaired) electrons. The van der Waals surface area contributed by atoms with E-state index in [-0.39, 0.29) is 0 Å². The maximum absolute atomic E-state index is 9.97. The van der Waals surface area contributed by atoms with Gasteiger partial charge in [-0.05, 0) is 32.4 Å². The van der Waals surface area contributed by atoms with Crippen molar-refractivity contribution >= 4 is 5.69 Å². The summed E-state index contributed by atoms with van der Waals surface area (Å²) in [6.45, 7) is 6.46. The summed E-state index contributed by atoms with van der Waals surface area (Å²) in [5.41, 5.74) is 1.36. The number of rotatable bonds is 5. The van der Waals surface area contributed by atoms with Gasteiger partial charge in [0, 0.05) is 24.1 Å². The second kappa shape index (κ2) is 5.12. The van der Waals surface area contributed by atoms with Crippen LogP contribution in [0.4, 0.5) is 5.69 Å². The van der Waals surface area contributed by atoms with Gasteiger partial charge < -0.3 is 10.4 Å². The van der Waals surface area contributed by atoms with Crippen LogP contribution >= 0.6 is 0 Å². The van der Waals surface area contributed by atoms with E-state index in [1.54, 1.807) is 6.20 Å². The van der Waals surface area contributed by atoms with Crippen LogP contribution < -0.4 is 5.32 Å². The Morgan fingerprint density at radius 2 is 2.27 bits per heavy atom. The first-order chi connectivity index (χ1) is 7.03. The fraction of sp³-hybridized carbons (Fsp3) is 0.583. The lowest BCUT2D eigenvalue weighted by Crippen LogP contribution is -2.33. The van der Waals surface area contributed by atoms with E-state index in [4.69, 9.17) is 0 Å². The molecule has 0 aliphatic rings. The highest BCUT2D eigenvalue weighted by Crippen LogP contribution is 2.14. The Kier molecular flexibility index (Phi) is 4.09. The van der Waals surface area contributed by atoms with Crippen molar-refractivity contribution in [3.05, 3.63) is 24.0 Å². The Labute approximate surface area is 91.5 Å². The van der Waals surface area contributed by atoms with Crippen molar-refractivity contribution in [2.45, 2.75) is 39.2 Å². The van der Waals surface area contributed by atoms with Crippen molar-refractivity contribution in [2.24, 2.45) is 0 Å². The molecule has 0 amide bonds. The fourth-order valence-corrected chi connectivity index (χ4v) is 1.57. The predicted molar refractivity (Wildman–Crippen MR) is 63.0 cm³/mol. The van der Waals surface area contributed by atoms with Crippen LogP contribution in [-0.4, -0.2) is 22.2 Å². The minimum Gasteiger partial charge on any atom is -0.388 e. The third kappa shape index (κ3) is 4.30. The van der Waals surface area contributed by atoms with Crippen molar-refractivity contribution in [1.29, 1.82) is 0 Å². The molecule has 1 heterocycles. The van der Waals surface area contributed by atoms with E-state index in [0.29, 0.717) is 6.54 Å². The van der Waals surface area contributed by atoms with Crippen LogP contribution in [0.2, 0.25) is 0 Å². The monoisotopic (exact) mass is 208 g/mol. The normalized spacial score (nSPS) is 14.7. The molecule has 1 unspecified atom stereocenters. The van der Waals surface area contributed by atoms with Crippen LogP contribution in [-0.2, 0) is 0 Å². The summed E-state index contributed by atoms with van der Waals surface area (Å²) in [6, 6.07) is 3.89. The first kappa shape index (κ1) is 12.0. The molecule has 0 aliphatic heterocycles. The summed E-state index contributed by atoms with van der Waals surface area (Å²) in [6.07, 6.45) is 3.57. The molecule has 0 saturated heterocycles. The van der Waals surface area contributed by atoms with Gasteiger partial charge in [-0.2, -0.15) is 0 Å². The Hall–Kier alpha value is -1.09. The summed E-state index contributed by atoms with van der Waals surface area (Å²) in [5.74, 6) is 0. The van der Waals surface area contributed by atoms with E-state index < -0.39 is 5.60 Å². The molecule has 84 valence electrons. The number of aryl methyl sites for hydroxylation is 1. The lowest BCUT2D eigenvalue weighted by atomic mass is 10.0. The van der Waals surface area contributed by atoms with E-state index in [0.717, 1.165) is 24.2 Å². The van der Waals surface area contributed by atoms with Crippen LogP contribution in [0.3, 0.4) is 0 Å². The van der Waals surface area contributed by atoms with Crippen molar-refractivity contribution in [1.82, 2.24) is 4.98 Å².